The van der Waals surface area contributed by atoms with Crippen molar-refractivity contribution in [2.45, 2.75) is 25.7 Å². The summed E-state index contributed by atoms with van der Waals surface area (Å²) in [6.07, 6.45) is 5.17. The van der Waals surface area contributed by atoms with Gasteiger partial charge in [0.2, 0.25) is 0 Å². The van der Waals surface area contributed by atoms with Gasteiger partial charge in [0.1, 0.15) is 11.5 Å². The molecule has 0 spiro atoms. The molecule has 0 bridgehead atoms. The van der Waals surface area contributed by atoms with Gasteiger partial charge >= 0.3 is 0 Å². The number of benzene rings is 1. The highest BCUT2D eigenvalue weighted by Gasteiger charge is 2.35. The Hall–Kier alpha value is -1.22. The molecule has 0 heterocycles. The van der Waals surface area contributed by atoms with Gasteiger partial charge in [-0.3, -0.25) is 0 Å². The normalized spacial score (nSPS) is 17.0. The number of nitrogens with one attached hydrogen (secondary N) is 1. The zero-order chi connectivity index (χ0) is 12.8. The number of hydrogen-bond acceptors (Lipinski definition) is 3. The topological polar surface area (TPSA) is 30.5 Å². The van der Waals surface area contributed by atoms with Crippen molar-refractivity contribution in [1.82, 2.24) is 5.32 Å². The lowest BCUT2D eigenvalue weighted by Crippen LogP contribution is -2.39. The Balaban J connectivity index is 1.77. The molecule has 3 heteroatoms. The summed E-state index contributed by atoms with van der Waals surface area (Å²) >= 11 is 0. The lowest BCUT2D eigenvalue weighted by molar-refractivity contribution is 0.0946. The number of hydrogen-bond donors (Lipinski definition) is 1. The third-order valence-electron chi connectivity index (χ3n) is 3.93. The first-order chi connectivity index (χ1) is 8.78. The molecule has 0 aromatic heterocycles. The van der Waals surface area contributed by atoms with E-state index in [0.717, 1.165) is 31.1 Å². The first-order valence-electron chi connectivity index (χ1n) is 6.69. The van der Waals surface area contributed by atoms with Gasteiger partial charge in [-0.2, -0.15) is 0 Å². The SMILES string of the molecule is CNCC1(CCOc2ccc(OC)cc2)CCC1. The lowest BCUT2D eigenvalue weighted by Gasteiger charge is -2.42. The molecule has 1 aromatic carbocycles. The van der Waals surface area contributed by atoms with Crippen LogP contribution in [0, 0.1) is 5.41 Å². The van der Waals surface area contributed by atoms with Crippen LogP contribution in [0.2, 0.25) is 0 Å². The third kappa shape index (κ3) is 3.16. The molecule has 1 N–H and O–H groups in total. The van der Waals surface area contributed by atoms with Crippen molar-refractivity contribution >= 4 is 0 Å². The molecule has 18 heavy (non-hydrogen) atoms. The largest absolute Gasteiger partial charge is 0.497 e. The van der Waals surface area contributed by atoms with E-state index < -0.39 is 0 Å². The van der Waals surface area contributed by atoms with E-state index >= 15 is 0 Å². The van der Waals surface area contributed by atoms with Crippen LogP contribution in [0.4, 0.5) is 0 Å². The van der Waals surface area contributed by atoms with E-state index in [2.05, 4.69) is 5.32 Å². The molecule has 0 atom stereocenters. The van der Waals surface area contributed by atoms with Crippen molar-refractivity contribution in [1.29, 1.82) is 0 Å². The predicted octanol–water partition coefficient (Wildman–Crippen LogP) is 2.85. The van der Waals surface area contributed by atoms with Crippen LogP contribution in [0.3, 0.4) is 0 Å². The Morgan fingerprint density at radius 2 is 1.83 bits per heavy atom. The maximum atomic E-state index is 5.80. The van der Waals surface area contributed by atoms with Crippen molar-refractivity contribution in [3.05, 3.63) is 24.3 Å². The van der Waals surface area contributed by atoms with Gasteiger partial charge in [0.05, 0.1) is 13.7 Å². The van der Waals surface area contributed by atoms with Crippen molar-refractivity contribution in [2.24, 2.45) is 5.41 Å². The van der Waals surface area contributed by atoms with Crippen LogP contribution in [-0.4, -0.2) is 27.3 Å². The number of rotatable bonds is 7. The summed E-state index contributed by atoms with van der Waals surface area (Å²) in [5.74, 6) is 1.79. The van der Waals surface area contributed by atoms with Gasteiger partial charge in [0.25, 0.3) is 0 Å². The standard InChI is InChI=1S/C15H23NO2/c1-16-12-15(8-3-9-15)10-11-18-14-6-4-13(17-2)5-7-14/h4-7,16H,3,8-12H2,1-2H3. The second-order valence-corrected chi connectivity index (χ2v) is 5.16. The molecule has 100 valence electrons. The summed E-state index contributed by atoms with van der Waals surface area (Å²) in [7, 11) is 3.71. The molecule has 0 radical (unpaired) electrons. The molecule has 3 nitrogen and oxygen atoms in total. The van der Waals surface area contributed by atoms with Gasteiger partial charge in [-0.1, -0.05) is 6.42 Å². The van der Waals surface area contributed by atoms with Crippen LogP contribution in [0.25, 0.3) is 0 Å². The Kier molecular flexibility index (Phi) is 4.48. The third-order valence-corrected chi connectivity index (χ3v) is 3.93. The predicted molar refractivity (Wildman–Crippen MR) is 73.3 cm³/mol. The fraction of sp³-hybridized carbons (Fsp3) is 0.600. The van der Waals surface area contributed by atoms with Crippen LogP contribution in [0.5, 0.6) is 11.5 Å². The number of ether oxygens (including phenoxy) is 2. The zero-order valence-electron chi connectivity index (χ0n) is 11.4. The van der Waals surface area contributed by atoms with Crippen LogP contribution >= 0.6 is 0 Å². The van der Waals surface area contributed by atoms with E-state index in [9.17, 15) is 0 Å². The van der Waals surface area contributed by atoms with Crippen molar-refractivity contribution in [3.8, 4) is 11.5 Å². The Labute approximate surface area is 109 Å². The minimum absolute atomic E-state index is 0.487. The maximum Gasteiger partial charge on any atom is 0.119 e. The van der Waals surface area contributed by atoms with Gasteiger partial charge in [0, 0.05) is 6.54 Å². The first-order valence-corrected chi connectivity index (χ1v) is 6.69. The highest BCUT2D eigenvalue weighted by atomic mass is 16.5. The number of methoxy groups -OCH3 is 1. The molecular formula is C15H23NO2. The van der Waals surface area contributed by atoms with Gasteiger partial charge in [-0.05, 0) is 56.0 Å². The second-order valence-electron chi connectivity index (χ2n) is 5.16. The monoisotopic (exact) mass is 249 g/mol. The Morgan fingerprint density at radius 1 is 1.17 bits per heavy atom. The van der Waals surface area contributed by atoms with Crippen molar-refractivity contribution in [2.75, 3.05) is 27.3 Å². The smallest absolute Gasteiger partial charge is 0.119 e. The van der Waals surface area contributed by atoms with Crippen LogP contribution in [-0.2, 0) is 0 Å². The second kappa shape index (κ2) is 6.10. The van der Waals surface area contributed by atoms with E-state index in [1.54, 1.807) is 7.11 Å². The summed E-state index contributed by atoms with van der Waals surface area (Å²) in [6.45, 7) is 1.91. The van der Waals surface area contributed by atoms with E-state index in [-0.39, 0.29) is 0 Å². The molecular weight excluding hydrogens is 226 g/mol. The van der Waals surface area contributed by atoms with Gasteiger partial charge < -0.3 is 14.8 Å². The van der Waals surface area contributed by atoms with Crippen LogP contribution < -0.4 is 14.8 Å². The molecule has 1 aliphatic carbocycles. The molecule has 1 aromatic rings. The van der Waals surface area contributed by atoms with Gasteiger partial charge in [-0.15, -0.1) is 0 Å². The van der Waals surface area contributed by atoms with E-state index in [1.807, 2.05) is 31.3 Å². The maximum absolute atomic E-state index is 5.80. The highest BCUT2D eigenvalue weighted by Crippen LogP contribution is 2.43. The molecule has 0 saturated heterocycles. The Bertz CT molecular complexity index is 357. The van der Waals surface area contributed by atoms with Crippen molar-refractivity contribution in [3.63, 3.8) is 0 Å². The average Bonchev–Trinajstić information content (AvgIpc) is 2.36. The molecule has 1 saturated carbocycles. The average molecular weight is 249 g/mol. The molecule has 2 rings (SSSR count). The molecule has 0 unspecified atom stereocenters. The van der Waals surface area contributed by atoms with Crippen LogP contribution in [0.1, 0.15) is 25.7 Å². The molecule has 1 fully saturated rings. The fourth-order valence-electron chi connectivity index (χ4n) is 2.62. The van der Waals surface area contributed by atoms with Gasteiger partial charge in [0.15, 0.2) is 0 Å². The van der Waals surface area contributed by atoms with E-state index in [1.165, 1.54) is 19.3 Å². The summed E-state index contributed by atoms with van der Waals surface area (Å²) in [6, 6.07) is 7.79. The van der Waals surface area contributed by atoms with Crippen molar-refractivity contribution < 1.29 is 9.47 Å². The zero-order valence-corrected chi connectivity index (χ0v) is 11.4. The summed E-state index contributed by atoms with van der Waals surface area (Å²) < 4.78 is 10.9. The van der Waals surface area contributed by atoms with E-state index in [4.69, 9.17) is 9.47 Å². The summed E-state index contributed by atoms with van der Waals surface area (Å²) in [5.41, 5.74) is 0.487. The molecule has 0 aliphatic heterocycles. The highest BCUT2D eigenvalue weighted by molar-refractivity contribution is 5.31. The minimum atomic E-state index is 0.487. The van der Waals surface area contributed by atoms with Gasteiger partial charge in [-0.25, -0.2) is 0 Å². The summed E-state index contributed by atoms with van der Waals surface area (Å²) in [4.78, 5) is 0. The summed E-state index contributed by atoms with van der Waals surface area (Å²) in [5, 5.41) is 3.30. The lowest BCUT2D eigenvalue weighted by atomic mass is 9.67. The van der Waals surface area contributed by atoms with Crippen LogP contribution in [0.15, 0.2) is 24.3 Å². The Morgan fingerprint density at radius 3 is 2.33 bits per heavy atom. The fourth-order valence-corrected chi connectivity index (χ4v) is 2.62. The first kappa shape index (κ1) is 13.2. The molecule has 0 amide bonds. The quantitative estimate of drug-likeness (QED) is 0.806. The minimum Gasteiger partial charge on any atom is -0.497 e. The molecule has 1 aliphatic rings. The van der Waals surface area contributed by atoms with E-state index in [0.29, 0.717) is 5.41 Å².